The van der Waals surface area contributed by atoms with Gasteiger partial charge >= 0.3 is 5.97 Å². The van der Waals surface area contributed by atoms with Gasteiger partial charge in [0, 0.05) is 35.7 Å². The van der Waals surface area contributed by atoms with E-state index in [1.807, 2.05) is 58.9 Å². The van der Waals surface area contributed by atoms with Crippen molar-refractivity contribution in [2.24, 2.45) is 29.6 Å². The normalized spacial score (nSPS) is 35.3. The molecule has 8 heteroatoms. The molecule has 260 valence electrons. The lowest BCUT2D eigenvalue weighted by molar-refractivity contribution is -0.151. The largest absolute Gasteiger partial charge is 0.458 e. The molecule has 46 heavy (non-hydrogen) atoms. The van der Waals surface area contributed by atoms with E-state index in [0.717, 1.165) is 36.8 Å². The van der Waals surface area contributed by atoms with E-state index >= 15 is 0 Å². The van der Waals surface area contributed by atoms with Crippen LogP contribution < -0.4 is 0 Å². The summed E-state index contributed by atoms with van der Waals surface area (Å²) in [6, 6.07) is 0. The van der Waals surface area contributed by atoms with Crippen molar-refractivity contribution in [1.29, 1.82) is 0 Å². The number of rotatable bonds is 11. The maximum atomic E-state index is 13.1. The van der Waals surface area contributed by atoms with Gasteiger partial charge in [-0.1, -0.05) is 95.4 Å². The quantitative estimate of drug-likeness (QED) is 0.134. The van der Waals surface area contributed by atoms with E-state index in [4.69, 9.17) is 14.2 Å². The van der Waals surface area contributed by atoms with Gasteiger partial charge in [0.2, 0.25) is 0 Å². The van der Waals surface area contributed by atoms with Gasteiger partial charge in [-0.05, 0) is 52.7 Å². The zero-order valence-corrected chi connectivity index (χ0v) is 29.5. The lowest BCUT2D eigenvalue weighted by atomic mass is 9.79. The second-order valence-electron chi connectivity index (χ2n) is 13.8. The molecule has 3 N–H and O–H groups in total. The molecule has 11 unspecified atom stereocenters. The van der Waals surface area contributed by atoms with Crippen LogP contribution in [0, 0.1) is 29.6 Å². The molecule has 2 aliphatic heterocycles. The first kappa shape index (κ1) is 39.8. The Labute approximate surface area is 277 Å². The predicted molar refractivity (Wildman–Crippen MR) is 182 cm³/mol. The Morgan fingerprint density at radius 1 is 1.13 bits per heavy atom. The number of ether oxygens (including phenoxy) is 3. The van der Waals surface area contributed by atoms with E-state index < -0.39 is 47.8 Å². The van der Waals surface area contributed by atoms with Crippen LogP contribution in [0.15, 0.2) is 59.8 Å². The lowest BCUT2D eigenvalue weighted by Gasteiger charge is -2.36. The van der Waals surface area contributed by atoms with Crippen LogP contribution >= 0.6 is 0 Å². The molecule has 0 spiro atoms. The Morgan fingerprint density at radius 3 is 2.48 bits per heavy atom. The van der Waals surface area contributed by atoms with Crippen LogP contribution in [-0.2, 0) is 23.8 Å². The molecule has 1 fully saturated rings. The number of aliphatic hydroxyl groups is 3. The molecule has 1 saturated heterocycles. The third kappa shape index (κ3) is 11.7. The van der Waals surface area contributed by atoms with E-state index in [0.29, 0.717) is 6.42 Å². The lowest BCUT2D eigenvalue weighted by Crippen LogP contribution is -2.46. The summed E-state index contributed by atoms with van der Waals surface area (Å²) < 4.78 is 18.2. The van der Waals surface area contributed by atoms with Crippen molar-refractivity contribution >= 4 is 11.8 Å². The summed E-state index contributed by atoms with van der Waals surface area (Å²) in [5.41, 5.74) is 0.749. The second kappa shape index (κ2) is 18.8. The van der Waals surface area contributed by atoms with Crippen molar-refractivity contribution in [3.63, 3.8) is 0 Å². The number of allylic oxidation sites excluding steroid dienone is 6. The van der Waals surface area contributed by atoms with Gasteiger partial charge in [0.1, 0.15) is 18.5 Å². The summed E-state index contributed by atoms with van der Waals surface area (Å²) in [7, 11) is 0. The number of carbonyl (C=O) groups excluding carboxylic acids is 2. The molecule has 0 aromatic carbocycles. The first-order valence-electron chi connectivity index (χ1n) is 17.0. The van der Waals surface area contributed by atoms with Gasteiger partial charge < -0.3 is 29.5 Å². The summed E-state index contributed by atoms with van der Waals surface area (Å²) in [5, 5.41) is 32.8. The molecular weight excluding hydrogens is 584 g/mol. The number of hydrogen-bond donors (Lipinski definition) is 3. The fourth-order valence-corrected chi connectivity index (χ4v) is 6.24. The number of carbonyl (C=O) groups is 2. The third-order valence-corrected chi connectivity index (χ3v) is 9.68. The van der Waals surface area contributed by atoms with Crippen molar-refractivity contribution in [3.05, 3.63) is 59.8 Å². The molecule has 8 nitrogen and oxygen atoms in total. The third-order valence-electron chi connectivity index (χ3n) is 9.68. The maximum Gasteiger partial charge on any atom is 0.331 e. The number of hydrogen-bond acceptors (Lipinski definition) is 8. The summed E-state index contributed by atoms with van der Waals surface area (Å²) in [4.78, 5) is 26.0. The van der Waals surface area contributed by atoms with Gasteiger partial charge in [0.05, 0.1) is 24.4 Å². The average molecular weight is 645 g/mol. The van der Waals surface area contributed by atoms with Gasteiger partial charge in [-0.15, -0.1) is 0 Å². The summed E-state index contributed by atoms with van der Waals surface area (Å²) in [6.07, 6.45) is 15.0. The first-order chi connectivity index (χ1) is 21.6. The monoisotopic (exact) mass is 644 g/mol. The molecule has 0 radical (unpaired) electrons. The molecule has 2 rings (SSSR count). The van der Waals surface area contributed by atoms with Gasteiger partial charge in [0.15, 0.2) is 5.78 Å². The Kier molecular flexibility index (Phi) is 16.3. The number of ketones is 1. The number of cyclic esters (lactones) is 1. The van der Waals surface area contributed by atoms with E-state index in [9.17, 15) is 24.9 Å². The standard InChI is InChI=1S/C38H60O8/c1-10-11-12-16-33-31-21-24(2)14-13-15-27(5)36(29(7)35(42)28(6)32(40)19-18-26(4)30(8)39)46-34(41)20-17-25(3)22-38(9,37(31)43)45-23-44-33/h13-15,17-20,22,26-31,33,35-37,39,42-43H,10-12,16,21,23H2,1-9H3/b15-13-,19-18+,20-17-,24-14+,25-22+. The minimum Gasteiger partial charge on any atom is -0.458 e. The SMILES string of the molecule is CCCCCC1OCOC2(C)/C=C(C)/C=C\C(=O)OC(C(C)C(O)C(C)C(=O)/C=C/C(C)C(C)O)C(C)/C=C\C=C(/C)CC1C2O. The van der Waals surface area contributed by atoms with E-state index in [1.165, 1.54) is 12.2 Å². The first-order valence-corrected chi connectivity index (χ1v) is 17.0. The molecular formula is C38H60O8. The Bertz CT molecular complexity index is 1130. The molecule has 11 atom stereocenters. The van der Waals surface area contributed by atoms with Crippen molar-refractivity contribution in [2.75, 3.05) is 6.79 Å². The van der Waals surface area contributed by atoms with Crippen LogP contribution in [0.2, 0.25) is 0 Å². The second-order valence-corrected chi connectivity index (χ2v) is 13.8. The van der Waals surface area contributed by atoms with E-state index in [-0.39, 0.29) is 36.4 Å². The van der Waals surface area contributed by atoms with Gasteiger partial charge in [-0.25, -0.2) is 4.79 Å². The highest BCUT2D eigenvalue weighted by Crippen LogP contribution is 2.37. The molecule has 0 aromatic rings. The Hall–Kier alpha value is -2.36. The molecule has 0 aromatic heterocycles. The highest BCUT2D eigenvalue weighted by atomic mass is 16.7. The summed E-state index contributed by atoms with van der Waals surface area (Å²) >= 11 is 0. The van der Waals surface area contributed by atoms with Crippen LogP contribution in [0.5, 0.6) is 0 Å². The zero-order valence-electron chi connectivity index (χ0n) is 29.5. The van der Waals surface area contributed by atoms with Gasteiger partial charge in [0.25, 0.3) is 0 Å². The highest BCUT2D eigenvalue weighted by Gasteiger charge is 2.44. The van der Waals surface area contributed by atoms with Crippen molar-refractivity contribution in [1.82, 2.24) is 0 Å². The number of fused-ring (bicyclic) bond motifs is 2. The minimum atomic E-state index is -1.08. The fourth-order valence-electron chi connectivity index (χ4n) is 6.24. The predicted octanol–water partition coefficient (Wildman–Crippen LogP) is 6.41. The average Bonchev–Trinajstić information content (AvgIpc) is 3.11. The maximum absolute atomic E-state index is 13.1. The molecule has 0 aliphatic carbocycles. The summed E-state index contributed by atoms with van der Waals surface area (Å²) in [5.74, 6) is -2.83. The number of aliphatic hydroxyl groups excluding tert-OH is 3. The van der Waals surface area contributed by atoms with Crippen molar-refractivity contribution < 1.29 is 39.1 Å². The molecule has 2 heterocycles. The highest BCUT2D eigenvalue weighted by molar-refractivity contribution is 5.92. The van der Waals surface area contributed by atoms with Crippen molar-refractivity contribution in [2.45, 2.75) is 131 Å². The fraction of sp³-hybridized carbons (Fsp3) is 0.684. The Morgan fingerprint density at radius 2 is 1.83 bits per heavy atom. The number of unbranched alkanes of at least 4 members (excludes halogenated alkanes) is 2. The zero-order chi connectivity index (χ0) is 34.6. The van der Waals surface area contributed by atoms with Gasteiger partial charge in [-0.3, -0.25) is 4.79 Å². The van der Waals surface area contributed by atoms with Crippen LogP contribution in [-0.4, -0.2) is 70.0 Å². The van der Waals surface area contributed by atoms with Crippen LogP contribution in [0.3, 0.4) is 0 Å². The van der Waals surface area contributed by atoms with E-state index in [1.54, 1.807) is 32.9 Å². The van der Waals surface area contributed by atoms with Crippen LogP contribution in [0.4, 0.5) is 0 Å². The van der Waals surface area contributed by atoms with Crippen LogP contribution in [0.1, 0.15) is 94.4 Å². The Balaban J connectivity index is 2.43. The molecule has 2 aliphatic rings. The van der Waals surface area contributed by atoms with Crippen LogP contribution in [0.25, 0.3) is 0 Å². The molecule has 0 amide bonds. The van der Waals surface area contributed by atoms with Gasteiger partial charge in [-0.2, -0.15) is 0 Å². The molecule has 2 bridgehead atoms. The topological polar surface area (TPSA) is 123 Å². The summed E-state index contributed by atoms with van der Waals surface area (Å²) in [6.45, 7) is 16.8. The minimum absolute atomic E-state index is 0.0642. The van der Waals surface area contributed by atoms with Crippen molar-refractivity contribution in [3.8, 4) is 0 Å². The molecule has 0 saturated carbocycles. The number of esters is 1. The smallest absolute Gasteiger partial charge is 0.331 e. The van der Waals surface area contributed by atoms with E-state index in [2.05, 4.69) is 6.92 Å².